The number of hydrogen-bond donors (Lipinski definition) is 1. The Kier molecular flexibility index (Phi) is 5.59. The lowest BCUT2D eigenvalue weighted by atomic mass is 10.2. The molecular weight excluding hydrogens is 344 g/mol. The van der Waals surface area contributed by atoms with Gasteiger partial charge in [0.25, 0.3) is 5.91 Å². The standard InChI is InChI=1S/C20H24N4O3/c1-5-26-16-7-8-18(27-6-2)17(10-16)23-20(25)15-9-14-12-22-24(13(3)4)19(14)21-11-15/h7-13H,5-6H2,1-4H3,(H,23,25). The van der Waals surface area contributed by atoms with Crippen molar-refractivity contribution in [2.75, 3.05) is 18.5 Å². The van der Waals surface area contributed by atoms with E-state index in [1.165, 1.54) is 0 Å². The first-order valence-electron chi connectivity index (χ1n) is 9.07. The first kappa shape index (κ1) is 18.7. The van der Waals surface area contributed by atoms with E-state index in [9.17, 15) is 4.79 Å². The minimum atomic E-state index is -0.267. The lowest BCUT2D eigenvalue weighted by Crippen LogP contribution is -2.14. The van der Waals surface area contributed by atoms with E-state index in [1.807, 2.05) is 38.4 Å². The summed E-state index contributed by atoms with van der Waals surface area (Å²) in [4.78, 5) is 17.2. The predicted molar refractivity (Wildman–Crippen MR) is 105 cm³/mol. The molecule has 0 unspecified atom stereocenters. The van der Waals surface area contributed by atoms with Crippen LogP contribution in [0.4, 0.5) is 5.69 Å². The molecule has 3 aromatic rings. The van der Waals surface area contributed by atoms with Crippen LogP contribution in [0.3, 0.4) is 0 Å². The molecule has 0 bridgehead atoms. The molecule has 142 valence electrons. The number of benzene rings is 1. The van der Waals surface area contributed by atoms with Gasteiger partial charge in [0.05, 0.1) is 30.7 Å². The maximum atomic E-state index is 12.7. The van der Waals surface area contributed by atoms with E-state index in [2.05, 4.69) is 15.4 Å². The molecule has 7 nitrogen and oxygen atoms in total. The van der Waals surface area contributed by atoms with Crippen molar-refractivity contribution < 1.29 is 14.3 Å². The van der Waals surface area contributed by atoms with E-state index in [-0.39, 0.29) is 11.9 Å². The summed E-state index contributed by atoms with van der Waals surface area (Å²) >= 11 is 0. The van der Waals surface area contributed by atoms with Crippen LogP contribution in [0.5, 0.6) is 11.5 Å². The van der Waals surface area contributed by atoms with Crippen LogP contribution in [0.15, 0.2) is 36.7 Å². The van der Waals surface area contributed by atoms with Crippen molar-refractivity contribution in [3.05, 3.63) is 42.2 Å². The van der Waals surface area contributed by atoms with E-state index in [0.29, 0.717) is 36.0 Å². The number of nitrogens with zero attached hydrogens (tertiary/aromatic N) is 3. The molecule has 0 aliphatic rings. The van der Waals surface area contributed by atoms with Gasteiger partial charge in [-0.2, -0.15) is 5.10 Å². The number of anilines is 1. The summed E-state index contributed by atoms with van der Waals surface area (Å²) in [5.74, 6) is 0.996. The average Bonchev–Trinajstić information content (AvgIpc) is 3.07. The molecule has 2 aromatic heterocycles. The fourth-order valence-corrected chi connectivity index (χ4v) is 2.78. The maximum absolute atomic E-state index is 12.7. The van der Waals surface area contributed by atoms with Crippen molar-refractivity contribution in [2.24, 2.45) is 0 Å². The second-order valence-corrected chi connectivity index (χ2v) is 6.30. The number of amides is 1. The highest BCUT2D eigenvalue weighted by Crippen LogP contribution is 2.30. The molecule has 0 spiro atoms. The van der Waals surface area contributed by atoms with Crippen molar-refractivity contribution in [1.29, 1.82) is 0 Å². The first-order chi connectivity index (χ1) is 13.0. The van der Waals surface area contributed by atoms with Gasteiger partial charge in [-0.15, -0.1) is 0 Å². The van der Waals surface area contributed by atoms with Gasteiger partial charge in [-0.05, 0) is 45.9 Å². The Morgan fingerprint density at radius 3 is 2.63 bits per heavy atom. The summed E-state index contributed by atoms with van der Waals surface area (Å²) in [6.07, 6.45) is 3.28. The van der Waals surface area contributed by atoms with E-state index in [0.717, 1.165) is 11.0 Å². The van der Waals surface area contributed by atoms with Crippen molar-refractivity contribution >= 4 is 22.6 Å². The highest BCUT2D eigenvalue weighted by molar-refractivity contribution is 6.06. The second kappa shape index (κ2) is 8.07. The summed E-state index contributed by atoms with van der Waals surface area (Å²) in [6, 6.07) is 7.35. The van der Waals surface area contributed by atoms with Crippen molar-refractivity contribution in [2.45, 2.75) is 33.7 Å². The fraction of sp³-hybridized carbons (Fsp3) is 0.350. The normalized spacial score (nSPS) is 11.0. The number of ether oxygens (including phenoxy) is 2. The zero-order valence-corrected chi connectivity index (χ0v) is 16.0. The molecule has 0 radical (unpaired) electrons. The number of hydrogen-bond acceptors (Lipinski definition) is 5. The van der Waals surface area contributed by atoms with Crippen LogP contribution in [0.25, 0.3) is 11.0 Å². The third-order valence-corrected chi connectivity index (χ3v) is 3.99. The number of nitrogens with one attached hydrogen (secondary N) is 1. The van der Waals surface area contributed by atoms with Crippen LogP contribution >= 0.6 is 0 Å². The van der Waals surface area contributed by atoms with Crippen LogP contribution in [0, 0.1) is 0 Å². The lowest BCUT2D eigenvalue weighted by molar-refractivity contribution is 0.102. The number of rotatable bonds is 7. The Morgan fingerprint density at radius 1 is 1.15 bits per heavy atom. The minimum Gasteiger partial charge on any atom is -0.494 e. The largest absolute Gasteiger partial charge is 0.494 e. The summed E-state index contributed by atoms with van der Waals surface area (Å²) in [6.45, 7) is 8.92. The van der Waals surface area contributed by atoms with E-state index in [4.69, 9.17) is 9.47 Å². The minimum absolute atomic E-state index is 0.199. The Hall–Kier alpha value is -3.09. The molecule has 1 amide bonds. The summed E-state index contributed by atoms with van der Waals surface area (Å²) in [7, 11) is 0. The highest BCUT2D eigenvalue weighted by Gasteiger charge is 2.14. The molecule has 3 rings (SSSR count). The van der Waals surface area contributed by atoms with E-state index in [1.54, 1.807) is 30.6 Å². The third kappa shape index (κ3) is 4.02. The SMILES string of the molecule is CCOc1ccc(OCC)c(NC(=O)c2cnc3c(cnn3C(C)C)c2)c1. The lowest BCUT2D eigenvalue weighted by Gasteiger charge is -2.13. The zero-order chi connectivity index (χ0) is 19.4. The molecule has 7 heteroatoms. The van der Waals surface area contributed by atoms with Crippen LogP contribution < -0.4 is 14.8 Å². The number of carbonyl (C=O) groups excluding carboxylic acids is 1. The summed E-state index contributed by atoms with van der Waals surface area (Å²) in [5.41, 5.74) is 1.77. The van der Waals surface area contributed by atoms with Gasteiger partial charge in [0, 0.05) is 23.7 Å². The van der Waals surface area contributed by atoms with E-state index >= 15 is 0 Å². The molecular formula is C20H24N4O3. The van der Waals surface area contributed by atoms with Gasteiger partial charge in [0.2, 0.25) is 0 Å². The topological polar surface area (TPSA) is 78.3 Å². The number of pyridine rings is 1. The third-order valence-electron chi connectivity index (χ3n) is 3.99. The van der Waals surface area contributed by atoms with Gasteiger partial charge in [0.1, 0.15) is 11.5 Å². The van der Waals surface area contributed by atoms with Crippen LogP contribution in [0.1, 0.15) is 44.1 Å². The van der Waals surface area contributed by atoms with Crippen LogP contribution in [-0.2, 0) is 0 Å². The monoisotopic (exact) mass is 368 g/mol. The fourth-order valence-electron chi connectivity index (χ4n) is 2.78. The van der Waals surface area contributed by atoms with Gasteiger partial charge < -0.3 is 14.8 Å². The van der Waals surface area contributed by atoms with Crippen molar-refractivity contribution in [1.82, 2.24) is 14.8 Å². The van der Waals surface area contributed by atoms with Gasteiger partial charge in [-0.25, -0.2) is 9.67 Å². The number of fused-ring (bicyclic) bond motifs is 1. The quantitative estimate of drug-likeness (QED) is 0.680. The van der Waals surface area contributed by atoms with Gasteiger partial charge in [-0.1, -0.05) is 0 Å². The average molecular weight is 368 g/mol. The van der Waals surface area contributed by atoms with Crippen molar-refractivity contribution in [3.8, 4) is 11.5 Å². The molecule has 0 saturated heterocycles. The Morgan fingerprint density at radius 2 is 1.93 bits per heavy atom. The molecule has 2 heterocycles. The summed E-state index contributed by atoms with van der Waals surface area (Å²) < 4.78 is 13.0. The molecule has 1 aromatic carbocycles. The Balaban J connectivity index is 1.88. The molecule has 0 saturated carbocycles. The second-order valence-electron chi connectivity index (χ2n) is 6.30. The smallest absolute Gasteiger partial charge is 0.257 e. The number of carbonyl (C=O) groups is 1. The van der Waals surface area contributed by atoms with Gasteiger partial charge in [-0.3, -0.25) is 4.79 Å². The molecule has 27 heavy (non-hydrogen) atoms. The highest BCUT2D eigenvalue weighted by atomic mass is 16.5. The predicted octanol–water partition coefficient (Wildman–Crippen LogP) is 4.06. The Labute approximate surface area is 158 Å². The summed E-state index contributed by atoms with van der Waals surface area (Å²) in [5, 5.41) is 8.05. The molecule has 0 atom stereocenters. The number of aromatic nitrogens is 3. The zero-order valence-electron chi connectivity index (χ0n) is 16.0. The van der Waals surface area contributed by atoms with Crippen molar-refractivity contribution in [3.63, 3.8) is 0 Å². The first-order valence-corrected chi connectivity index (χ1v) is 9.07. The molecule has 0 fully saturated rings. The molecule has 0 aliphatic heterocycles. The van der Waals surface area contributed by atoms with E-state index < -0.39 is 0 Å². The van der Waals surface area contributed by atoms with Crippen LogP contribution in [0.2, 0.25) is 0 Å². The Bertz CT molecular complexity index is 950. The van der Waals surface area contributed by atoms with Crippen LogP contribution in [-0.4, -0.2) is 33.9 Å². The van der Waals surface area contributed by atoms with Gasteiger partial charge in [0.15, 0.2) is 5.65 Å². The van der Waals surface area contributed by atoms with Gasteiger partial charge >= 0.3 is 0 Å². The maximum Gasteiger partial charge on any atom is 0.257 e. The molecule has 0 aliphatic carbocycles. The molecule has 1 N–H and O–H groups in total.